The molecule has 0 aliphatic rings. The summed E-state index contributed by atoms with van der Waals surface area (Å²) < 4.78 is 6.61. The summed E-state index contributed by atoms with van der Waals surface area (Å²) in [5, 5.41) is 3.99. The fourth-order valence-electron chi connectivity index (χ4n) is 2.62. The predicted molar refractivity (Wildman–Crippen MR) is 128 cm³/mol. The molecule has 4 nitrogen and oxygen atoms in total. The number of nitrogens with zero attached hydrogens (tertiary/aromatic N) is 1. The summed E-state index contributed by atoms with van der Waals surface area (Å²) >= 11 is 15.6. The van der Waals surface area contributed by atoms with Crippen LogP contribution in [0, 0.1) is 13.8 Å². The van der Waals surface area contributed by atoms with E-state index >= 15 is 0 Å². The summed E-state index contributed by atoms with van der Waals surface area (Å²) in [5.41, 5.74) is 4.06. The molecule has 0 spiro atoms. The van der Waals surface area contributed by atoms with Crippen molar-refractivity contribution >= 4 is 62.6 Å². The first-order valence-electron chi connectivity index (χ1n) is 9.10. The van der Waals surface area contributed by atoms with E-state index in [1.54, 1.807) is 30.5 Å². The third kappa shape index (κ3) is 6.08. The van der Waals surface area contributed by atoms with Crippen LogP contribution >= 0.6 is 39.1 Å². The number of carbonyl (C=O) groups excluding carboxylic acids is 1. The topological polar surface area (TPSA) is 50.7 Å². The molecule has 0 unspecified atom stereocenters. The fourth-order valence-corrected chi connectivity index (χ4v) is 3.35. The minimum absolute atomic E-state index is 0.149. The molecule has 0 fully saturated rings. The van der Waals surface area contributed by atoms with Crippen LogP contribution in [-0.2, 0) is 4.79 Å². The van der Waals surface area contributed by atoms with E-state index in [1.165, 1.54) is 0 Å². The molecule has 0 heterocycles. The highest BCUT2D eigenvalue weighted by Gasteiger charge is 2.09. The summed E-state index contributed by atoms with van der Waals surface area (Å²) in [6.45, 7) is 3.71. The van der Waals surface area contributed by atoms with Gasteiger partial charge in [-0.05, 0) is 67.4 Å². The summed E-state index contributed by atoms with van der Waals surface area (Å²) in [6, 6.07) is 16.4. The molecule has 1 N–H and O–H groups in total. The minimum atomic E-state index is -0.286. The zero-order valence-electron chi connectivity index (χ0n) is 16.4. The predicted octanol–water partition coefficient (Wildman–Crippen LogP) is 7.14. The van der Waals surface area contributed by atoms with Gasteiger partial charge in [-0.15, -0.1) is 0 Å². The molecule has 0 saturated heterocycles. The third-order valence-corrected chi connectivity index (χ3v) is 5.44. The minimum Gasteiger partial charge on any atom is -0.483 e. The van der Waals surface area contributed by atoms with Crippen LogP contribution in [0.5, 0.6) is 5.75 Å². The number of benzene rings is 3. The molecule has 0 aromatic heterocycles. The Hall–Kier alpha value is -2.34. The highest BCUT2D eigenvalue weighted by atomic mass is 79.9. The van der Waals surface area contributed by atoms with E-state index in [-0.39, 0.29) is 12.5 Å². The van der Waals surface area contributed by atoms with Crippen molar-refractivity contribution < 1.29 is 9.53 Å². The van der Waals surface area contributed by atoms with Gasteiger partial charge in [-0.1, -0.05) is 51.3 Å². The SMILES string of the molecule is Cc1ccc(NC(=O)COc2ccc(Br)cc2C=Nc2cc(Cl)ccc2C)cc1Cl. The highest BCUT2D eigenvalue weighted by Crippen LogP contribution is 2.26. The lowest BCUT2D eigenvalue weighted by atomic mass is 10.2. The lowest BCUT2D eigenvalue weighted by Crippen LogP contribution is -2.20. The van der Waals surface area contributed by atoms with Crippen molar-refractivity contribution in [3.63, 3.8) is 0 Å². The number of rotatable bonds is 6. The average molecular weight is 506 g/mol. The van der Waals surface area contributed by atoms with Crippen molar-refractivity contribution in [1.82, 2.24) is 0 Å². The molecule has 7 heteroatoms. The Kier molecular flexibility index (Phi) is 7.53. The summed E-state index contributed by atoms with van der Waals surface area (Å²) in [5.74, 6) is 0.255. The molecule has 1 amide bonds. The molecular formula is C23H19BrCl2N2O2. The average Bonchev–Trinajstić information content (AvgIpc) is 2.70. The van der Waals surface area contributed by atoms with Crippen molar-refractivity contribution in [2.75, 3.05) is 11.9 Å². The van der Waals surface area contributed by atoms with Gasteiger partial charge < -0.3 is 10.1 Å². The quantitative estimate of drug-likeness (QED) is 0.362. The molecule has 3 aromatic rings. The molecule has 0 aliphatic heterocycles. The maximum Gasteiger partial charge on any atom is 0.262 e. The monoisotopic (exact) mass is 504 g/mol. The molecule has 3 aromatic carbocycles. The van der Waals surface area contributed by atoms with E-state index in [9.17, 15) is 4.79 Å². The number of nitrogens with one attached hydrogen (secondary N) is 1. The van der Waals surface area contributed by atoms with Gasteiger partial charge in [0.25, 0.3) is 5.91 Å². The number of aliphatic imine (C=N–C) groups is 1. The Balaban J connectivity index is 1.71. The molecule has 0 bridgehead atoms. The van der Waals surface area contributed by atoms with Crippen molar-refractivity contribution in [2.45, 2.75) is 13.8 Å². The molecule has 0 radical (unpaired) electrons. The maximum atomic E-state index is 12.3. The number of hydrogen-bond acceptors (Lipinski definition) is 3. The van der Waals surface area contributed by atoms with Gasteiger partial charge in [-0.2, -0.15) is 0 Å². The van der Waals surface area contributed by atoms with Crippen LogP contribution < -0.4 is 10.1 Å². The standard InChI is InChI=1S/C23H19BrCl2N2O2/c1-14-4-7-19(11-20(14)26)28-23(29)13-30-22-8-5-17(24)9-16(22)12-27-21-10-18(25)6-3-15(21)2/h3-12H,13H2,1-2H3,(H,28,29). The summed E-state index contributed by atoms with van der Waals surface area (Å²) in [7, 11) is 0. The van der Waals surface area contributed by atoms with E-state index in [4.69, 9.17) is 27.9 Å². The number of halogens is 3. The summed E-state index contributed by atoms with van der Waals surface area (Å²) in [4.78, 5) is 16.8. The Morgan fingerprint density at radius 3 is 2.60 bits per heavy atom. The van der Waals surface area contributed by atoms with Gasteiger partial charge in [-0.3, -0.25) is 9.79 Å². The lowest BCUT2D eigenvalue weighted by Gasteiger charge is -2.11. The first-order chi connectivity index (χ1) is 14.3. The number of carbonyl (C=O) groups is 1. The van der Waals surface area contributed by atoms with Crippen LogP contribution in [0.15, 0.2) is 64.1 Å². The van der Waals surface area contributed by atoms with Gasteiger partial charge in [0, 0.05) is 32.0 Å². The number of anilines is 1. The first-order valence-corrected chi connectivity index (χ1v) is 10.7. The largest absolute Gasteiger partial charge is 0.483 e. The molecule has 3 rings (SSSR count). The van der Waals surface area contributed by atoms with E-state index in [2.05, 4.69) is 26.2 Å². The smallest absolute Gasteiger partial charge is 0.262 e. The second kappa shape index (κ2) is 10.1. The van der Waals surface area contributed by atoms with E-state index < -0.39 is 0 Å². The van der Waals surface area contributed by atoms with Crippen LogP contribution in [0.25, 0.3) is 0 Å². The van der Waals surface area contributed by atoms with Crippen LogP contribution in [0.2, 0.25) is 10.0 Å². The Morgan fingerprint density at radius 1 is 1.07 bits per heavy atom. The summed E-state index contributed by atoms with van der Waals surface area (Å²) in [6.07, 6.45) is 1.69. The molecule has 0 saturated carbocycles. The molecule has 154 valence electrons. The van der Waals surface area contributed by atoms with E-state index in [0.717, 1.165) is 26.9 Å². The third-order valence-electron chi connectivity index (χ3n) is 4.30. The first kappa shape index (κ1) is 22.3. The zero-order chi connectivity index (χ0) is 21.7. The molecule has 0 aliphatic carbocycles. The fraction of sp³-hybridized carbons (Fsp3) is 0.130. The normalized spacial score (nSPS) is 11.0. The van der Waals surface area contributed by atoms with Crippen LogP contribution in [0.4, 0.5) is 11.4 Å². The Morgan fingerprint density at radius 2 is 1.83 bits per heavy atom. The van der Waals surface area contributed by atoms with Crippen molar-refractivity contribution in [1.29, 1.82) is 0 Å². The Labute approximate surface area is 194 Å². The molecule has 0 atom stereocenters. The molecular weight excluding hydrogens is 487 g/mol. The van der Waals surface area contributed by atoms with E-state index in [0.29, 0.717) is 21.5 Å². The van der Waals surface area contributed by atoms with Crippen molar-refractivity contribution in [3.8, 4) is 5.75 Å². The van der Waals surface area contributed by atoms with Crippen molar-refractivity contribution in [3.05, 3.63) is 85.8 Å². The molecule has 30 heavy (non-hydrogen) atoms. The maximum absolute atomic E-state index is 12.3. The lowest BCUT2D eigenvalue weighted by molar-refractivity contribution is -0.118. The highest BCUT2D eigenvalue weighted by molar-refractivity contribution is 9.10. The van der Waals surface area contributed by atoms with Crippen LogP contribution in [0.1, 0.15) is 16.7 Å². The van der Waals surface area contributed by atoms with Gasteiger partial charge in [0.15, 0.2) is 6.61 Å². The Bertz CT molecular complexity index is 1120. The second-order valence-electron chi connectivity index (χ2n) is 6.67. The van der Waals surface area contributed by atoms with Crippen molar-refractivity contribution in [2.24, 2.45) is 4.99 Å². The van der Waals surface area contributed by atoms with Gasteiger partial charge >= 0.3 is 0 Å². The van der Waals surface area contributed by atoms with Crippen LogP contribution in [0.3, 0.4) is 0 Å². The zero-order valence-corrected chi connectivity index (χ0v) is 19.5. The van der Waals surface area contributed by atoms with Gasteiger partial charge in [0.1, 0.15) is 5.75 Å². The number of amides is 1. The number of hydrogen-bond donors (Lipinski definition) is 1. The number of ether oxygens (including phenoxy) is 1. The van der Waals surface area contributed by atoms with Gasteiger partial charge in [-0.25, -0.2) is 0 Å². The van der Waals surface area contributed by atoms with Gasteiger partial charge in [0.05, 0.1) is 5.69 Å². The van der Waals surface area contributed by atoms with E-state index in [1.807, 2.05) is 44.2 Å². The second-order valence-corrected chi connectivity index (χ2v) is 8.43. The van der Waals surface area contributed by atoms with Crippen LogP contribution in [-0.4, -0.2) is 18.7 Å². The number of aryl methyl sites for hydroxylation is 2. The van der Waals surface area contributed by atoms with Gasteiger partial charge in [0.2, 0.25) is 0 Å².